The molecule has 1 spiro atoms. The first-order valence-corrected chi connectivity index (χ1v) is 7.04. The Bertz CT molecular complexity index is 371. The van der Waals surface area contributed by atoms with Crippen molar-refractivity contribution in [3.63, 3.8) is 0 Å². The summed E-state index contributed by atoms with van der Waals surface area (Å²) in [6, 6.07) is 0. The molecular weight excluding hydrogens is 254 g/mol. The van der Waals surface area contributed by atoms with Crippen LogP contribution >= 0.6 is 11.8 Å². The summed E-state index contributed by atoms with van der Waals surface area (Å²) < 4.78 is 5.24. The predicted molar refractivity (Wildman–Crippen MR) is 68.7 cm³/mol. The van der Waals surface area contributed by atoms with E-state index in [1.807, 2.05) is 20.8 Å². The summed E-state index contributed by atoms with van der Waals surface area (Å²) in [4.78, 5) is 24.3. The van der Waals surface area contributed by atoms with Crippen LogP contribution in [-0.4, -0.2) is 51.3 Å². The van der Waals surface area contributed by atoms with Gasteiger partial charge in [0.15, 0.2) is 0 Å². The van der Waals surface area contributed by atoms with Gasteiger partial charge in [-0.1, -0.05) is 0 Å². The fourth-order valence-corrected chi connectivity index (χ4v) is 3.96. The lowest BCUT2D eigenvalue weighted by Gasteiger charge is -2.47. The first kappa shape index (κ1) is 13.5. The Labute approximate surface area is 111 Å². The van der Waals surface area contributed by atoms with E-state index in [1.165, 1.54) is 0 Å². The average Bonchev–Trinajstić information content (AvgIpc) is 2.56. The fourth-order valence-electron chi connectivity index (χ4n) is 2.33. The Hall–Kier alpha value is -0.910. The Morgan fingerprint density at radius 3 is 2.44 bits per heavy atom. The minimum absolute atomic E-state index is 0.0417. The zero-order valence-corrected chi connectivity index (χ0v) is 11.7. The maximum atomic E-state index is 11.8. The van der Waals surface area contributed by atoms with Gasteiger partial charge in [-0.05, 0) is 27.2 Å². The molecule has 2 saturated heterocycles. The van der Waals surface area contributed by atoms with Crippen LogP contribution in [0.1, 0.15) is 27.2 Å². The topological polar surface area (TPSA) is 66.8 Å². The van der Waals surface area contributed by atoms with Gasteiger partial charge in [-0.15, -0.1) is 0 Å². The smallest absolute Gasteiger partial charge is 0.410 e. The third-order valence-electron chi connectivity index (χ3n) is 3.17. The van der Waals surface area contributed by atoms with Crippen LogP contribution in [0.2, 0.25) is 0 Å². The molecule has 1 unspecified atom stereocenters. The molecular formula is C12H19NO4S. The van der Waals surface area contributed by atoms with Gasteiger partial charge in [0.05, 0.1) is 10.7 Å². The monoisotopic (exact) mass is 273 g/mol. The van der Waals surface area contributed by atoms with Crippen LogP contribution in [0, 0.1) is 5.92 Å². The molecule has 102 valence electrons. The van der Waals surface area contributed by atoms with E-state index in [0.717, 1.165) is 0 Å². The van der Waals surface area contributed by atoms with Gasteiger partial charge >= 0.3 is 12.1 Å². The number of thioether (sulfide) groups is 1. The molecule has 2 fully saturated rings. The third-order valence-corrected chi connectivity index (χ3v) is 4.77. The molecule has 1 amide bonds. The SMILES string of the molecule is CC(C)(C)OC(=O)N1CC2(CC(C(=O)O)CS2)C1. The summed E-state index contributed by atoms with van der Waals surface area (Å²) in [5, 5.41) is 8.97. The summed E-state index contributed by atoms with van der Waals surface area (Å²) >= 11 is 1.68. The molecule has 5 nitrogen and oxygen atoms in total. The molecule has 2 heterocycles. The zero-order valence-electron chi connectivity index (χ0n) is 10.9. The van der Waals surface area contributed by atoms with Gasteiger partial charge in [-0.3, -0.25) is 4.79 Å². The van der Waals surface area contributed by atoms with Gasteiger partial charge in [-0.2, -0.15) is 11.8 Å². The second-order valence-electron chi connectivity index (χ2n) is 6.07. The summed E-state index contributed by atoms with van der Waals surface area (Å²) in [5.41, 5.74) is -0.480. The van der Waals surface area contributed by atoms with Gasteiger partial charge in [0.25, 0.3) is 0 Å². The molecule has 2 rings (SSSR count). The highest BCUT2D eigenvalue weighted by atomic mass is 32.2. The molecule has 2 aliphatic rings. The average molecular weight is 273 g/mol. The maximum absolute atomic E-state index is 11.8. The molecule has 0 aromatic heterocycles. The van der Waals surface area contributed by atoms with Crippen molar-refractivity contribution >= 4 is 23.8 Å². The van der Waals surface area contributed by atoms with E-state index in [9.17, 15) is 9.59 Å². The van der Waals surface area contributed by atoms with E-state index >= 15 is 0 Å². The van der Waals surface area contributed by atoms with Crippen molar-refractivity contribution in [3.05, 3.63) is 0 Å². The van der Waals surface area contributed by atoms with Crippen LogP contribution in [0.3, 0.4) is 0 Å². The molecule has 0 bridgehead atoms. The molecule has 6 heteroatoms. The van der Waals surface area contributed by atoms with Crippen molar-refractivity contribution in [2.24, 2.45) is 5.92 Å². The third kappa shape index (κ3) is 2.74. The predicted octanol–water partition coefficient (Wildman–Crippen LogP) is 1.81. The summed E-state index contributed by atoms with van der Waals surface area (Å²) in [7, 11) is 0. The number of aliphatic carboxylic acids is 1. The molecule has 0 aliphatic carbocycles. The maximum Gasteiger partial charge on any atom is 0.410 e. The number of rotatable bonds is 1. The Morgan fingerprint density at radius 1 is 1.39 bits per heavy atom. The highest BCUT2D eigenvalue weighted by Gasteiger charge is 2.52. The fraction of sp³-hybridized carbons (Fsp3) is 0.833. The van der Waals surface area contributed by atoms with Crippen LogP contribution in [0.25, 0.3) is 0 Å². The van der Waals surface area contributed by atoms with Crippen molar-refractivity contribution in [3.8, 4) is 0 Å². The minimum Gasteiger partial charge on any atom is -0.481 e. The van der Waals surface area contributed by atoms with E-state index < -0.39 is 11.6 Å². The standard InChI is InChI=1S/C12H19NO4S/c1-11(2,3)17-10(16)13-6-12(7-13)4-8(5-18-12)9(14)15/h8H,4-7H2,1-3H3,(H,14,15). The number of ether oxygens (including phenoxy) is 1. The number of hydrogen-bond donors (Lipinski definition) is 1. The van der Waals surface area contributed by atoms with Gasteiger partial charge < -0.3 is 14.7 Å². The van der Waals surface area contributed by atoms with Crippen molar-refractivity contribution in [1.82, 2.24) is 4.90 Å². The first-order valence-electron chi connectivity index (χ1n) is 6.05. The zero-order chi connectivity index (χ0) is 13.6. The van der Waals surface area contributed by atoms with Gasteiger partial charge in [0.2, 0.25) is 0 Å². The van der Waals surface area contributed by atoms with Gasteiger partial charge in [-0.25, -0.2) is 4.79 Å². The molecule has 0 radical (unpaired) electrons. The lowest BCUT2D eigenvalue weighted by molar-refractivity contribution is -0.141. The van der Waals surface area contributed by atoms with Crippen molar-refractivity contribution in [2.45, 2.75) is 37.5 Å². The van der Waals surface area contributed by atoms with Crippen LogP contribution in [0.15, 0.2) is 0 Å². The summed E-state index contributed by atoms with van der Waals surface area (Å²) in [6.45, 7) is 6.73. The second kappa shape index (κ2) is 4.33. The van der Waals surface area contributed by atoms with E-state index in [0.29, 0.717) is 25.3 Å². The first-order chi connectivity index (χ1) is 8.21. The lowest BCUT2D eigenvalue weighted by atomic mass is 9.89. The van der Waals surface area contributed by atoms with Crippen LogP contribution in [0.4, 0.5) is 4.79 Å². The van der Waals surface area contributed by atoms with Gasteiger partial charge in [0.1, 0.15) is 5.60 Å². The van der Waals surface area contributed by atoms with E-state index in [-0.39, 0.29) is 16.8 Å². The number of carbonyl (C=O) groups excluding carboxylic acids is 1. The molecule has 18 heavy (non-hydrogen) atoms. The number of carboxylic acids is 1. The molecule has 0 saturated carbocycles. The van der Waals surface area contributed by atoms with Crippen molar-refractivity contribution < 1.29 is 19.4 Å². The molecule has 0 aromatic carbocycles. The number of hydrogen-bond acceptors (Lipinski definition) is 4. The minimum atomic E-state index is -0.727. The molecule has 1 N–H and O–H groups in total. The van der Waals surface area contributed by atoms with E-state index in [4.69, 9.17) is 9.84 Å². The summed E-state index contributed by atoms with van der Waals surface area (Å²) in [6.07, 6.45) is 0.360. The number of likely N-dealkylation sites (tertiary alicyclic amines) is 1. The highest BCUT2D eigenvalue weighted by molar-refractivity contribution is 8.01. The van der Waals surface area contributed by atoms with E-state index in [2.05, 4.69) is 0 Å². The van der Waals surface area contributed by atoms with E-state index in [1.54, 1.807) is 16.7 Å². The molecule has 2 aliphatic heterocycles. The van der Waals surface area contributed by atoms with Crippen LogP contribution < -0.4 is 0 Å². The Balaban J connectivity index is 1.84. The largest absolute Gasteiger partial charge is 0.481 e. The normalized spacial score (nSPS) is 25.9. The number of carboxylic acid groups (broad SMARTS) is 1. The number of amides is 1. The number of carbonyl (C=O) groups is 2. The highest BCUT2D eigenvalue weighted by Crippen LogP contribution is 2.47. The van der Waals surface area contributed by atoms with Crippen molar-refractivity contribution in [2.75, 3.05) is 18.8 Å². The lowest BCUT2D eigenvalue weighted by Crippen LogP contribution is -2.61. The Kier molecular flexibility index (Phi) is 3.25. The second-order valence-corrected chi connectivity index (χ2v) is 7.56. The summed E-state index contributed by atoms with van der Waals surface area (Å²) in [5.74, 6) is -0.344. The molecule has 0 aromatic rings. The van der Waals surface area contributed by atoms with Crippen LogP contribution in [0.5, 0.6) is 0 Å². The quantitative estimate of drug-likeness (QED) is 0.789. The Morgan fingerprint density at radius 2 is 2.00 bits per heavy atom. The van der Waals surface area contributed by atoms with Crippen molar-refractivity contribution in [1.29, 1.82) is 0 Å². The van der Waals surface area contributed by atoms with Crippen LogP contribution in [-0.2, 0) is 9.53 Å². The van der Waals surface area contributed by atoms with Gasteiger partial charge in [0, 0.05) is 18.8 Å². The number of nitrogens with zero attached hydrogens (tertiary/aromatic N) is 1. The molecule has 1 atom stereocenters.